The fourth-order valence-electron chi connectivity index (χ4n) is 3.66. The first-order chi connectivity index (χ1) is 17.6. The summed E-state index contributed by atoms with van der Waals surface area (Å²) in [4.78, 5) is 18.8. The van der Waals surface area contributed by atoms with Crippen LogP contribution in [0.15, 0.2) is 48.7 Å². The van der Waals surface area contributed by atoms with E-state index in [0.29, 0.717) is 41.8 Å². The normalized spacial score (nSPS) is 11.4. The van der Waals surface area contributed by atoms with E-state index < -0.39 is 0 Å². The van der Waals surface area contributed by atoms with Crippen molar-refractivity contribution in [3.63, 3.8) is 0 Å². The van der Waals surface area contributed by atoms with Crippen LogP contribution in [0.25, 0.3) is 10.9 Å². The van der Waals surface area contributed by atoms with Crippen molar-refractivity contribution in [2.75, 3.05) is 46.2 Å². The molecule has 2 N–H and O–H groups in total. The largest absolute Gasteiger partial charge is 0.493 e. The van der Waals surface area contributed by atoms with E-state index in [-0.39, 0.29) is 11.4 Å². The predicted octanol–water partition coefficient (Wildman–Crippen LogP) is 6.31. The summed E-state index contributed by atoms with van der Waals surface area (Å²) >= 11 is 0. The molecule has 0 aliphatic carbocycles. The highest BCUT2D eigenvalue weighted by Gasteiger charge is 2.13. The number of rotatable bonds is 12. The van der Waals surface area contributed by atoms with Gasteiger partial charge in [0.25, 0.3) is 0 Å². The molecule has 0 spiro atoms. The highest BCUT2D eigenvalue weighted by molar-refractivity contribution is 5.89. The number of carbonyl (C=O) groups is 1. The first kappa shape index (κ1) is 28.1. The Kier molecular flexibility index (Phi) is 9.97. The second-order valence-corrected chi connectivity index (χ2v) is 10.5. The van der Waals surface area contributed by atoms with Gasteiger partial charge in [-0.2, -0.15) is 0 Å². The number of hydrogen-bond donors (Lipinski definition) is 2. The highest BCUT2D eigenvalue weighted by atomic mass is 16.5. The molecule has 0 unspecified atom stereocenters. The zero-order valence-electron chi connectivity index (χ0n) is 22.9. The number of amides is 2. The Bertz CT molecular complexity index is 1160. The Morgan fingerprint density at radius 1 is 1.00 bits per heavy atom. The van der Waals surface area contributed by atoms with Crippen LogP contribution in [-0.4, -0.2) is 56.8 Å². The van der Waals surface area contributed by atoms with Crippen LogP contribution in [0.4, 0.5) is 10.5 Å². The number of aromatic nitrogens is 1. The van der Waals surface area contributed by atoms with Gasteiger partial charge in [-0.15, -0.1) is 0 Å². The first-order valence-electron chi connectivity index (χ1n) is 12.7. The monoisotopic (exact) mass is 508 g/mol. The molecule has 0 saturated carbocycles. The maximum Gasteiger partial charge on any atom is 0.319 e. The van der Waals surface area contributed by atoms with Crippen LogP contribution in [0.3, 0.4) is 0 Å². The fourth-order valence-corrected chi connectivity index (χ4v) is 3.66. The van der Waals surface area contributed by atoms with Gasteiger partial charge in [-0.3, -0.25) is 4.98 Å². The van der Waals surface area contributed by atoms with E-state index in [1.165, 1.54) is 0 Å². The van der Waals surface area contributed by atoms with Crippen LogP contribution < -0.4 is 24.8 Å². The number of nitrogens with zero attached hydrogens (tertiary/aromatic N) is 2. The molecular weight excluding hydrogens is 468 g/mol. The summed E-state index contributed by atoms with van der Waals surface area (Å²) in [6, 6.07) is 12.7. The SMILES string of the molecule is COc1cc2nccc(Oc3ccc(NC(=O)NCCC(C)(C)C)cc3)c2cc1OCCCCN(C)C. The van der Waals surface area contributed by atoms with E-state index >= 15 is 0 Å². The number of unbranched alkanes of at least 4 members (excludes halogenated alkanes) is 1. The molecule has 0 aliphatic heterocycles. The van der Waals surface area contributed by atoms with Crippen molar-refractivity contribution in [2.24, 2.45) is 5.41 Å². The summed E-state index contributed by atoms with van der Waals surface area (Å²) < 4.78 is 17.8. The zero-order valence-corrected chi connectivity index (χ0v) is 22.9. The van der Waals surface area contributed by atoms with Gasteiger partial charge in [0.2, 0.25) is 0 Å². The Hall–Kier alpha value is -3.52. The first-order valence-corrected chi connectivity index (χ1v) is 12.7. The third-order valence-electron chi connectivity index (χ3n) is 5.74. The van der Waals surface area contributed by atoms with Crippen LogP contribution >= 0.6 is 0 Å². The van der Waals surface area contributed by atoms with Crippen molar-refractivity contribution in [3.8, 4) is 23.0 Å². The number of pyridine rings is 1. The van der Waals surface area contributed by atoms with Crippen molar-refractivity contribution >= 4 is 22.6 Å². The summed E-state index contributed by atoms with van der Waals surface area (Å²) in [6.07, 6.45) is 4.62. The van der Waals surface area contributed by atoms with Crippen LogP contribution in [0, 0.1) is 5.41 Å². The lowest BCUT2D eigenvalue weighted by Crippen LogP contribution is -2.31. The molecule has 8 nitrogen and oxygen atoms in total. The molecule has 37 heavy (non-hydrogen) atoms. The highest BCUT2D eigenvalue weighted by Crippen LogP contribution is 2.37. The minimum absolute atomic E-state index is 0.174. The maximum atomic E-state index is 12.2. The Balaban J connectivity index is 1.66. The fraction of sp³-hybridized carbons (Fsp3) is 0.448. The van der Waals surface area contributed by atoms with E-state index in [0.717, 1.165) is 36.7 Å². The number of anilines is 1. The minimum atomic E-state index is -0.221. The van der Waals surface area contributed by atoms with Crippen molar-refractivity contribution in [1.82, 2.24) is 15.2 Å². The number of nitrogens with one attached hydrogen (secondary N) is 2. The van der Waals surface area contributed by atoms with Gasteiger partial charge >= 0.3 is 6.03 Å². The molecule has 0 fully saturated rings. The quantitative estimate of drug-likeness (QED) is 0.279. The van der Waals surface area contributed by atoms with Crippen LogP contribution in [-0.2, 0) is 0 Å². The number of urea groups is 1. The van der Waals surface area contributed by atoms with E-state index in [1.54, 1.807) is 13.3 Å². The molecule has 8 heteroatoms. The van der Waals surface area contributed by atoms with Gasteiger partial charge in [-0.25, -0.2) is 4.79 Å². The lowest BCUT2D eigenvalue weighted by atomic mass is 9.92. The van der Waals surface area contributed by atoms with Crippen molar-refractivity contribution in [2.45, 2.75) is 40.0 Å². The second-order valence-electron chi connectivity index (χ2n) is 10.5. The van der Waals surface area contributed by atoms with E-state index in [4.69, 9.17) is 14.2 Å². The van der Waals surface area contributed by atoms with Gasteiger partial charge in [-0.1, -0.05) is 20.8 Å². The van der Waals surface area contributed by atoms with Crippen molar-refractivity contribution in [3.05, 3.63) is 48.7 Å². The molecule has 0 saturated heterocycles. The maximum absolute atomic E-state index is 12.2. The molecular formula is C29H40N4O4. The Morgan fingerprint density at radius 3 is 2.43 bits per heavy atom. The topological polar surface area (TPSA) is 85.0 Å². The molecule has 1 aromatic heterocycles. The summed E-state index contributed by atoms with van der Waals surface area (Å²) in [6.45, 7) is 8.69. The standard InChI is InChI=1S/C29H40N4O4/c1-29(2,3)14-16-31-28(34)32-21-9-11-22(12-10-21)37-25-13-15-30-24-20-26(35-6)27(19-23(24)25)36-18-8-7-17-33(4)5/h9-13,15,19-20H,7-8,14,16-18H2,1-6H3,(H2,31,32,34). The molecule has 2 amide bonds. The molecule has 3 aromatic rings. The van der Waals surface area contributed by atoms with Crippen LogP contribution in [0.5, 0.6) is 23.0 Å². The lowest BCUT2D eigenvalue weighted by Gasteiger charge is -2.18. The van der Waals surface area contributed by atoms with Crippen LogP contribution in [0.2, 0.25) is 0 Å². The zero-order chi connectivity index (χ0) is 26.8. The molecule has 0 aliphatic rings. The number of methoxy groups -OCH3 is 1. The molecule has 1 heterocycles. The smallest absolute Gasteiger partial charge is 0.319 e. The summed E-state index contributed by atoms with van der Waals surface area (Å²) in [7, 11) is 5.76. The van der Waals surface area contributed by atoms with E-state index in [9.17, 15) is 4.79 Å². The second kappa shape index (κ2) is 13.1. The summed E-state index contributed by atoms with van der Waals surface area (Å²) in [5, 5.41) is 6.57. The van der Waals surface area contributed by atoms with E-state index in [1.807, 2.05) is 42.5 Å². The van der Waals surface area contributed by atoms with Crippen molar-refractivity contribution in [1.29, 1.82) is 0 Å². The predicted molar refractivity (Wildman–Crippen MR) is 149 cm³/mol. The van der Waals surface area contributed by atoms with Gasteiger partial charge in [-0.05, 0) is 81.7 Å². The van der Waals surface area contributed by atoms with Crippen molar-refractivity contribution < 1.29 is 19.0 Å². The van der Waals surface area contributed by atoms with E-state index in [2.05, 4.69) is 55.4 Å². The van der Waals surface area contributed by atoms with Gasteiger partial charge in [0.05, 0.1) is 19.2 Å². The number of ether oxygens (including phenoxy) is 3. The minimum Gasteiger partial charge on any atom is -0.493 e. The van der Waals surface area contributed by atoms with Gasteiger partial charge in [0, 0.05) is 29.9 Å². The molecule has 3 rings (SSSR count). The number of benzene rings is 2. The average molecular weight is 509 g/mol. The molecule has 0 atom stereocenters. The number of carbonyl (C=O) groups excluding carboxylic acids is 1. The number of hydrogen-bond acceptors (Lipinski definition) is 6. The molecule has 2 aromatic carbocycles. The molecule has 0 bridgehead atoms. The van der Waals surface area contributed by atoms with Gasteiger partial charge in [0.15, 0.2) is 11.5 Å². The van der Waals surface area contributed by atoms with Crippen LogP contribution in [0.1, 0.15) is 40.0 Å². The summed E-state index contributed by atoms with van der Waals surface area (Å²) in [5.74, 6) is 2.61. The van der Waals surface area contributed by atoms with Gasteiger partial charge in [0.1, 0.15) is 11.5 Å². The Morgan fingerprint density at radius 2 is 1.76 bits per heavy atom. The average Bonchev–Trinajstić information content (AvgIpc) is 2.84. The third kappa shape index (κ3) is 9.13. The lowest BCUT2D eigenvalue weighted by molar-refractivity contribution is 0.250. The molecule has 0 radical (unpaired) electrons. The summed E-state index contributed by atoms with van der Waals surface area (Å²) in [5.41, 5.74) is 1.61. The number of fused-ring (bicyclic) bond motifs is 1. The Labute approximate surface area is 220 Å². The third-order valence-corrected chi connectivity index (χ3v) is 5.74. The molecule has 200 valence electrons. The van der Waals surface area contributed by atoms with Gasteiger partial charge < -0.3 is 29.7 Å².